The fourth-order valence-corrected chi connectivity index (χ4v) is 3.36. The van der Waals surface area contributed by atoms with Crippen LogP contribution in [0, 0.1) is 0 Å². The minimum atomic E-state index is -4.42. The van der Waals surface area contributed by atoms with Gasteiger partial charge < -0.3 is 4.55 Å². The Hall–Kier alpha value is 0.246. The second-order valence-electron chi connectivity index (χ2n) is 5.05. The third kappa shape index (κ3) is 4.61. The van der Waals surface area contributed by atoms with Crippen molar-refractivity contribution in [3.8, 4) is 0 Å². The number of aryl methyl sites for hydroxylation is 2. The second kappa shape index (κ2) is 8.20. The van der Waals surface area contributed by atoms with Gasteiger partial charge in [0.25, 0.3) is 0 Å². The molecule has 2 aromatic carbocycles. The normalized spacial score (nSPS) is 11.4. The van der Waals surface area contributed by atoms with Crippen LogP contribution in [-0.4, -0.2) is 13.0 Å². The first kappa shape index (κ1) is 19.3. The smallest absolute Gasteiger partial charge is 0.744 e. The second-order valence-corrected chi connectivity index (χ2v) is 6.40. The van der Waals surface area contributed by atoms with Crippen LogP contribution in [0.1, 0.15) is 37.8 Å². The van der Waals surface area contributed by atoms with Gasteiger partial charge in [-0.05, 0) is 40.8 Å². The van der Waals surface area contributed by atoms with E-state index in [9.17, 15) is 13.0 Å². The molecular weight excluding hydrogens is 311 g/mol. The molecule has 0 amide bonds. The third-order valence-electron chi connectivity index (χ3n) is 3.46. The molecule has 0 saturated carbocycles. The summed E-state index contributed by atoms with van der Waals surface area (Å²) in [4.78, 5) is -0.0740. The van der Waals surface area contributed by atoms with Crippen molar-refractivity contribution in [2.75, 3.05) is 0 Å². The maximum Gasteiger partial charge on any atom is 1.00 e. The maximum atomic E-state index is 11.4. The fourth-order valence-electron chi connectivity index (χ4n) is 2.61. The molecule has 3 nitrogen and oxygen atoms in total. The SMILES string of the molecule is CCCc1ccc2c(CCC)c(S(=O)(=O)[O-])ccc2c1.[K+]. The van der Waals surface area contributed by atoms with Gasteiger partial charge in [-0.1, -0.05) is 51.0 Å². The van der Waals surface area contributed by atoms with Crippen molar-refractivity contribution in [1.29, 1.82) is 0 Å². The van der Waals surface area contributed by atoms with Crippen molar-refractivity contribution < 1.29 is 64.4 Å². The van der Waals surface area contributed by atoms with Crippen LogP contribution in [0.15, 0.2) is 35.2 Å². The summed E-state index contributed by atoms with van der Waals surface area (Å²) >= 11 is 0. The minimum Gasteiger partial charge on any atom is -0.744 e. The Morgan fingerprint density at radius 1 is 1.00 bits per heavy atom. The van der Waals surface area contributed by atoms with Crippen LogP contribution in [0.3, 0.4) is 0 Å². The summed E-state index contributed by atoms with van der Waals surface area (Å²) in [5.74, 6) is 0. The van der Waals surface area contributed by atoms with E-state index in [2.05, 4.69) is 13.0 Å². The molecule has 0 N–H and O–H groups in total. The Morgan fingerprint density at radius 2 is 1.67 bits per heavy atom. The molecule has 0 aliphatic carbocycles. The van der Waals surface area contributed by atoms with Gasteiger partial charge in [-0.3, -0.25) is 0 Å². The molecule has 0 unspecified atom stereocenters. The molecule has 21 heavy (non-hydrogen) atoms. The summed E-state index contributed by atoms with van der Waals surface area (Å²) in [7, 11) is -4.42. The average molecular weight is 330 g/mol. The molecule has 0 aromatic heterocycles. The molecule has 2 rings (SSSR count). The molecule has 5 heteroatoms. The van der Waals surface area contributed by atoms with E-state index >= 15 is 0 Å². The average Bonchev–Trinajstić information content (AvgIpc) is 2.38. The summed E-state index contributed by atoms with van der Waals surface area (Å²) in [6, 6.07) is 9.23. The molecule has 108 valence electrons. The molecule has 0 radical (unpaired) electrons. The van der Waals surface area contributed by atoms with Crippen molar-refractivity contribution in [1.82, 2.24) is 0 Å². The monoisotopic (exact) mass is 330 g/mol. The van der Waals surface area contributed by atoms with Crippen LogP contribution in [0.2, 0.25) is 0 Å². The predicted octanol–water partition coefficient (Wildman–Crippen LogP) is 0.653. The van der Waals surface area contributed by atoms with E-state index in [1.165, 1.54) is 11.6 Å². The maximum absolute atomic E-state index is 11.4. The van der Waals surface area contributed by atoms with Crippen molar-refractivity contribution in [2.24, 2.45) is 0 Å². The van der Waals surface area contributed by atoms with Gasteiger partial charge in [0.05, 0.1) is 4.90 Å². The number of benzene rings is 2. The van der Waals surface area contributed by atoms with Crippen LogP contribution in [0.4, 0.5) is 0 Å². The predicted molar refractivity (Wildman–Crippen MR) is 79.9 cm³/mol. The molecule has 0 spiro atoms. The molecule has 0 saturated heterocycles. The molecule has 0 heterocycles. The summed E-state index contributed by atoms with van der Waals surface area (Å²) in [5, 5.41) is 1.88. The van der Waals surface area contributed by atoms with Gasteiger partial charge >= 0.3 is 51.4 Å². The van der Waals surface area contributed by atoms with Crippen molar-refractivity contribution >= 4 is 20.9 Å². The Labute approximate surface area is 169 Å². The first-order chi connectivity index (χ1) is 9.47. The van der Waals surface area contributed by atoms with Crippen LogP contribution in [0.5, 0.6) is 0 Å². The number of hydrogen-bond acceptors (Lipinski definition) is 3. The topological polar surface area (TPSA) is 57.2 Å². The minimum absolute atomic E-state index is 0. The molecule has 0 aliphatic heterocycles. The van der Waals surface area contributed by atoms with E-state index in [0.29, 0.717) is 12.0 Å². The third-order valence-corrected chi connectivity index (χ3v) is 4.38. The molecule has 2 aromatic rings. The number of rotatable bonds is 5. The van der Waals surface area contributed by atoms with E-state index in [0.717, 1.165) is 30.0 Å². The number of hydrogen-bond donors (Lipinski definition) is 0. The largest absolute Gasteiger partial charge is 1.00 e. The number of fused-ring (bicyclic) bond motifs is 1. The van der Waals surface area contributed by atoms with E-state index in [-0.39, 0.29) is 56.3 Å². The quantitative estimate of drug-likeness (QED) is 0.597. The zero-order chi connectivity index (χ0) is 14.8. The Bertz CT molecular complexity index is 724. The van der Waals surface area contributed by atoms with Gasteiger partial charge in [0.1, 0.15) is 10.1 Å². The van der Waals surface area contributed by atoms with Crippen LogP contribution in [-0.2, 0) is 23.0 Å². The van der Waals surface area contributed by atoms with Gasteiger partial charge in [-0.2, -0.15) is 0 Å². The Kier molecular flexibility index (Phi) is 7.53. The Morgan fingerprint density at radius 3 is 2.24 bits per heavy atom. The molecule has 0 aliphatic rings. The van der Waals surface area contributed by atoms with Gasteiger partial charge in [-0.15, -0.1) is 0 Å². The van der Waals surface area contributed by atoms with Gasteiger partial charge in [0.2, 0.25) is 0 Å². The van der Waals surface area contributed by atoms with E-state index < -0.39 is 10.1 Å². The van der Waals surface area contributed by atoms with Crippen molar-refractivity contribution in [2.45, 2.75) is 44.4 Å². The molecule has 0 atom stereocenters. The first-order valence-electron chi connectivity index (χ1n) is 6.97. The van der Waals surface area contributed by atoms with E-state index in [1.807, 2.05) is 19.1 Å². The first-order valence-corrected chi connectivity index (χ1v) is 8.38. The van der Waals surface area contributed by atoms with Crippen LogP contribution >= 0.6 is 0 Å². The summed E-state index contributed by atoms with van der Waals surface area (Å²) < 4.78 is 34.2. The summed E-state index contributed by atoms with van der Waals surface area (Å²) in [5.41, 5.74) is 1.89. The zero-order valence-electron chi connectivity index (χ0n) is 12.8. The molecule has 0 bridgehead atoms. The van der Waals surface area contributed by atoms with E-state index in [4.69, 9.17) is 0 Å². The van der Waals surface area contributed by atoms with Crippen LogP contribution < -0.4 is 51.4 Å². The van der Waals surface area contributed by atoms with Gasteiger partial charge in [-0.25, -0.2) is 8.42 Å². The van der Waals surface area contributed by atoms with Gasteiger partial charge in [0.15, 0.2) is 0 Å². The fraction of sp³-hybridized carbons (Fsp3) is 0.375. The van der Waals surface area contributed by atoms with Crippen LogP contribution in [0.25, 0.3) is 10.8 Å². The summed E-state index contributed by atoms with van der Waals surface area (Å²) in [6.07, 6.45) is 3.47. The zero-order valence-corrected chi connectivity index (χ0v) is 16.8. The molecular formula is C16H19KO3S. The van der Waals surface area contributed by atoms with E-state index in [1.54, 1.807) is 6.07 Å². The van der Waals surface area contributed by atoms with Gasteiger partial charge in [0, 0.05) is 0 Å². The molecule has 0 fully saturated rings. The van der Waals surface area contributed by atoms with Crippen molar-refractivity contribution in [3.63, 3.8) is 0 Å². The summed E-state index contributed by atoms with van der Waals surface area (Å²) in [6.45, 7) is 4.10. The standard InChI is InChI=1S/C16H20O3S.K/c1-3-5-12-7-9-14-13(11-12)8-10-16(20(17,18)19)15(14)6-4-2;/h7-11H,3-6H2,1-2H3,(H,17,18,19);/q;+1/p-1. The van der Waals surface area contributed by atoms with Crippen molar-refractivity contribution in [3.05, 3.63) is 41.5 Å². The Balaban J connectivity index is 0.00000220.